The summed E-state index contributed by atoms with van der Waals surface area (Å²) in [7, 11) is 0. The summed E-state index contributed by atoms with van der Waals surface area (Å²) in [6, 6.07) is 42.2. The van der Waals surface area contributed by atoms with Gasteiger partial charge >= 0.3 is 0 Å². The first kappa shape index (κ1) is 25.2. The minimum atomic E-state index is 0.0161. The summed E-state index contributed by atoms with van der Waals surface area (Å²) in [5.74, 6) is 0.524. The van der Waals surface area contributed by atoms with E-state index in [2.05, 4.69) is 135 Å². The molecule has 0 fully saturated rings. The Morgan fingerprint density at radius 3 is 0.806 bits per heavy atom. The monoisotopic (exact) mass is 475 g/mol. The first-order valence-corrected chi connectivity index (χ1v) is 12.8. The molecule has 4 rings (SSSR count). The Bertz CT molecular complexity index is 1020. The molecule has 0 amide bonds. The van der Waals surface area contributed by atoms with Gasteiger partial charge < -0.3 is 9.80 Å². The minimum absolute atomic E-state index is 0.0161. The summed E-state index contributed by atoms with van der Waals surface area (Å²) in [6.07, 6.45) is 0. The van der Waals surface area contributed by atoms with Crippen LogP contribution in [0, 0.1) is 5.41 Å². The molecule has 0 radical (unpaired) electrons. The van der Waals surface area contributed by atoms with Gasteiger partial charge in [-0.05, 0) is 49.9 Å². The van der Waals surface area contributed by atoms with Crippen LogP contribution < -0.4 is 0 Å². The maximum absolute atomic E-state index is 9.77. The van der Waals surface area contributed by atoms with E-state index in [1.807, 2.05) is 24.3 Å². The number of benzene rings is 4. The smallest absolute Gasteiger partial charge is 0.195 e. The fourth-order valence-electron chi connectivity index (χ4n) is 5.11. The Balaban J connectivity index is 1.81. The van der Waals surface area contributed by atoms with Crippen molar-refractivity contribution in [1.82, 2.24) is 9.80 Å². The van der Waals surface area contributed by atoms with Crippen LogP contribution in [-0.2, 0) is 0 Å². The minimum Gasteiger partial charge on any atom is -0.329 e. The Kier molecular flexibility index (Phi) is 8.22. The SMILES string of the molecule is CC(c1ccccc1)N(C(=N)N(C(C)c1ccccc1)C(C)c1ccccc1)C(C)c1ccccc1. The largest absolute Gasteiger partial charge is 0.329 e. The molecule has 4 atom stereocenters. The molecular formula is C33H37N3. The lowest BCUT2D eigenvalue weighted by Crippen LogP contribution is -2.48. The summed E-state index contributed by atoms with van der Waals surface area (Å²) in [5.41, 5.74) is 4.80. The van der Waals surface area contributed by atoms with Gasteiger partial charge in [-0.15, -0.1) is 0 Å². The van der Waals surface area contributed by atoms with Gasteiger partial charge in [0.15, 0.2) is 5.96 Å². The van der Waals surface area contributed by atoms with Crippen molar-refractivity contribution in [3.8, 4) is 0 Å². The van der Waals surface area contributed by atoms with Crippen LogP contribution in [0.2, 0.25) is 0 Å². The standard InChI is InChI=1S/C33H37N3/c1-25(29-17-9-5-10-18-29)35(26(2)30-19-11-6-12-20-30)33(34)36(27(3)31-21-13-7-14-22-31)28(4)32-23-15-8-16-24-32/h5-28,34H,1-4H3. The van der Waals surface area contributed by atoms with Crippen molar-refractivity contribution in [3.05, 3.63) is 144 Å². The molecule has 0 heterocycles. The number of nitrogens with zero attached hydrogens (tertiary/aromatic N) is 2. The molecular weight excluding hydrogens is 438 g/mol. The number of rotatable bonds is 8. The molecule has 0 saturated heterocycles. The predicted octanol–water partition coefficient (Wildman–Crippen LogP) is 8.57. The second-order valence-electron chi connectivity index (χ2n) is 9.48. The van der Waals surface area contributed by atoms with E-state index in [0.29, 0.717) is 5.96 Å². The molecule has 1 N–H and O–H groups in total. The van der Waals surface area contributed by atoms with E-state index in [-0.39, 0.29) is 24.2 Å². The molecule has 184 valence electrons. The number of hydrogen-bond acceptors (Lipinski definition) is 1. The average molecular weight is 476 g/mol. The molecule has 0 aliphatic rings. The van der Waals surface area contributed by atoms with Crippen molar-refractivity contribution in [2.75, 3.05) is 0 Å². The zero-order chi connectivity index (χ0) is 25.5. The van der Waals surface area contributed by atoms with Gasteiger partial charge in [-0.2, -0.15) is 0 Å². The van der Waals surface area contributed by atoms with Crippen LogP contribution in [0.25, 0.3) is 0 Å². The third-order valence-electron chi connectivity index (χ3n) is 7.29. The van der Waals surface area contributed by atoms with Gasteiger partial charge in [-0.25, -0.2) is 0 Å². The number of hydrogen-bond donors (Lipinski definition) is 1. The van der Waals surface area contributed by atoms with E-state index in [0.717, 1.165) is 0 Å². The van der Waals surface area contributed by atoms with Crippen LogP contribution in [-0.4, -0.2) is 15.8 Å². The van der Waals surface area contributed by atoms with Crippen molar-refractivity contribution in [2.45, 2.75) is 51.9 Å². The van der Waals surface area contributed by atoms with Gasteiger partial charge in [0.1, 0.15) is 0 Å². The van der Waals surface area contributed by atoms with Crippen LogP contribution >= 0.6 is 0 Å². The Morgan fingerprint density at radius 2 is 0.611 bits per heavy atom. The number of guanidine groups is 1. The highest BCUT2D eigenvalue weighted by molar-refractivity contribution is 5.79. The predicted molar refractivity (Wildman–Crippen MR) is 151 cm³/mol. The summed E-state index contributed by atoms with van der Waals surface area (Å²) < 4.78 is 0. The maximum Gasteiger partial charge on any atom is 0.195 e. The highest BCUT2D eigenvalue weighted by Crippen LogP contribution is 2.37. The third kappa shape index (κ3) is 5.52. The lowest BCUT2D eigenvalue weighted by atomic mass is 9.99. The average Bonchev–Trinajstić information content (AvgIpc) is 2.95. The fourth-order valence-corrected chi connectivity index (χ4v) is 5.11. The lowest BCUT2D eigenvalue weighted by Gasteiger charge is -2.46. The summed E-state index contributed by atoms with van der Waals surface area (Å²) in [4.78, 5) is 4.53. The molecule has 4 aromatic rings. The molecule has 36 heavy (non-hydrogen) atoms. The highest BCUT2D eigenvalue weighted by atomic mass is 15.4. The molecule has 0 saturated carbocycles. The van der Waals surface area contributed by atoms with Crippen molar-refractivity contribution in [3.63, 3.8) is 0 Å². The fraction of sp³-hybridized carbons (Fsp3) is 0.242. The van der Waals surface area contributed by atoms with Gasteiger partial charge in [0.25, 0.3) is 0 Å². The van der Waals surface area contributed by atoms with Crippen molar-refractivity contribution in [1.29, 1.82) is 5.41 Å². The van der Waals surface area contributed by atoms with Gasteiger partial charge in [0, 0.05) is 0 Å². The quantitative estimate of drug-likeness (QED) is 0.204. The zero-order valence-electron chi connectivity index (χ0n) is 21.8. The van der Waals surface area contributed by atoms with Crippen LogP contribution in [0.1, 0.15) is 74.1 Å². The van der Waals surface area contributed by atoms with Gasteiger partial charge in [-0.1, -0.05) is 121 Å². The lowest BCUT2D eigenvalue weighted by molar-refractivity contribution is 0.174. The Morgan fingerprint density at radius 1 is 0.417 bits per heavy atom. The van der Waals surface area contributed by atoms with E-state index < -0.39 is 0 Å². The first-order chi connectivity index (χ1) is 17.5. The van der Waals surface area contributed by atoms with Crippen LogP contribution in [0.3, 0.4) is 0 Å². The molecule has 0 aliphatic carbocycles. The van der Waals surface area contributed by atoms with E-state index in [9.17, 15) is 5.41 Å². The van der Waals surface area contributed by atoms with E-state index in [1.54, 1.807) is 0 Å². The zero-order valence-corrected chi connectivity index (χ0v) is 21.8. The molecule has 4 aromatic carbocycles. The van der Waals surface area contributed by atoms with Gasteiger partial charge in [-0.3, -0.25) is 5.41 Å². The van der Waals surface area contributed by atoms with Crippen LogP contribution in [0.4, 0.5) is 0 Å². The van der Waals surface area contributed by atoms with Crippen molar-refractivity contribution >= 4 is 5.96 Å². The molecule has 0 aromatic heterocycles. The number of nitrogens with one attached hydrogen (secondary N) is 1. The molecule has 4 unspecified atom stereocenters. The normalized spacial score (nSPS) is 14.3. The second kappa shape index (κ2) is 11.7. The third-order valence-corrected chi connectivity index (χ3v) is 7.29. The maximum atomic E-state index is 9.77. The second-order valence-corrected chi connectivity index (χ2v) is 9.48. The van der Waals surface area contributed by atoms with Gasteiger partial charge in [0.05, 0.1) is 24.2 Å². The van der Waals surface area contributed by atoms with Crippen LogP contribution in [0.15, 0.2) is 121 Å². The van der Waals surface area contributed by atoms with Crippen molar-refractivity contribution in [2.24, 2.45) is 0 Å². The van der Waals surface area contributed by atoms with Gasteiger partial charge in [0.2, 0.25) is 0 Å². The first-order valence-electron chi connectivity index (χ1n) is 12.8. The molecule has 3 nitrogen and oxygen atoms in total. The van der Waals surface area contributed by atoms with E-state index in [4.69, 9.17) is 0 Å². The topological polar surface area (TPSA) is 30.3 Å². The molecule has 0 spiro atoms. The summed E-state index contributed by atoms with van der Waals surface area (Å²) >= 11 is 0. The molecule has 3 heteroatoms. The Labute approximate surface area is 216 Å². The van der Waals surface area contributed by atoms with E-state index in [1.165, 1.54) is 22.3 Å². The van der Waals surface area contributed by atoms with E-state index >= 15 is 0 Å². The Hall–Kier alpha value is -3.85. The van der Waals surface area contributed by atoms with Crippen LogP contribution in [0.5, 0.6) is 0 Å². The highest BCUT2D eigenvalue weighted by Gasteiger charge is 2.33. The molecule has 0 bridgehead atoms. The summed E-state index contributed by atoms with van der Waals surface area (Å²) in [6.45, 7) is 8.84. The van der Waals surface area contributed by atoms with Crippen molar-refractivity contribution < 1.29 is 0 Å². The summed E-state index contributed by atoms with van der Waals surface area (Å²) in [5, 5.41) is 9.77. The molecule has 0 aliphatic heterocycles.